The van der Waals surface area contributed by atoms with E-state index < -0.39 is 23.9 Å². The molecule has 4 aliphatic rings. The van der Waals surface area contributed by atoms with Crippen LogP contribution in [0.4, 0.5) is 13.2 Å². The minimum atomic E-state index is -2.69. The Bertz CT molecular complexity index is 671. The van der Waals surface area contributed by atoms with Gasteiger partial charge in [-0.1, -0.05) is 0 Å². The summed E-state index contributed by atoms with van der Waals surface area (Å²) in [5.41, 5.74) is 0.106. The first-order valence-corrected chi connectivity index (χ1v) is 8.47. The Labute approximate surface area is 142 Å². The predicted octanol–water partition coefficient (Wildman–Crippen LogP) is 1.12. The molecule has 0 N–H and O–H groups in total. The number of rotatable bonds is 1. The number of halogens is 3. The quantitative estimate of drug-likeness (QED) is 0.707. The zero-order valence-electron chi connectivity index (χ0n) is 13.8. The molecule has 136 valence electrons. The zero-order valence-corrected chi connectivity index (χ0v) is 13.8. The molecular weight excluding hydrogens is 337 g/mol. The van der Waals surface area contributed by atoms with Crippen molar-refractivity contribution in [3.63, 3.8) is 0 Å². The highest BCUT2D eigenvalue weighted by atomic mass is 19.3. The van der Waals surface area contributed by atoms with Crippen molar-refractivity contribution in [3.05, 3.63) is 0 Å². The molecule has 3 unspecified atom stereocenters. The molecule has 2 saturated heterocycles. The monoisotopic (exact) mass is 356 g/mol. The van der Waals surface area contributed by atoms with E-state index in [0.29, 0.717) is 26.2 Å². The summed E-state index contributed by atoms with van der Waals surface area (Å²) in [7, 11) is 0. The molecular formula is C16H19F3N4O2. The topological polar surface area (TPSA) is 65.3 Å². The smallest absolute Gasteiger partial charge is 0.289 e. The predicted molar refractivity (Wildman–Crippen MR) is 83.3 cm³/mol. The van der Waals surface area contributed by atoms with E-state index in [0.717, 1.165) is 0 Å². The molecule has 1 saturated carbocycles. The van der Waals surface area contributed by atoms with Crippen LogP contribution in [0.3, 0.4) is 0 Å². The van der Waals surface area contributed by atoms with Gasteiger partial charge in [0.15, 0.2) is 0 Å². The number of carbonyl (C=O) groups is 2. The average molecular weight is 356 g/mol. The molecule has 3 fully saturated rings. The van der Waals surface area contributed by atoms with Crippen molar-refractivity contribution in [2.45, 2.75) is 31.9 Å². The van der Waals surface area contributed by atoms with E-state index in [1.165, 1.54) is 6.92 Å². The van der Waals surface area contributed by atoms with Gasteiger partial charge in [-0.05, 0) is 6.92 Å². The van der Waals surface area contributed by atoms with Crippen LogP contribution in [0.1, 0.15) is 19.8 Å². The second kappa shape index (κ2) is 5.54. The summed E-state index contributed by atoms with van der Waals surface area (Å²) in [6.07, 6.45) is -2.46. The van der Waals surface area contributed by atoms with Gasteiger partial charge in [0.25, 0.3) is 5.91 Å². The van der Waals surface area contributed by atoms with Crippen molar-refractivity contribution in [1.29, 1.82) is 0 Å². The normalized spacial score (nSPS) is 34.6. The number of nitrogens with zero attached hydrogens (tertiary/aromatic N) is 4. The van der Waals surface area contributed by atoms with Gasteiger partial charge in [0, 0.05) is 56.8 Å². The zero-order chi connectivity index (χ0) is 17.9. The van der Waals surface area contributed by atoms with Crippen LogP contribution in [0, 0.1) is 17.8 Å². The highest BCUT2D eigenvalue weighted by Crippen LogP contribution is 2.44. The molecule has 3 heterocycles. The summed E-state index contributed by atoms with van der Waals surface area (Å²) < 4.78 is 39.4. The van der Waals surface area contributed by atoms with Crippen molar-refractivity contribution < 1.29 is 22.8 Å². The Balaban J connectivity index is 1.36. The van der Waals surface area contributed by atoms with Gasteiger partial charge in [-0.25, -0.2) is 18.2 Å². The first-order valence-electron chi connectivity index (χ1n) is 8.47. The second-order valence-corrected chi connectivity index (χ2v) is 7.50. The summed E-state index contributed by atoms with van der Waals surface area (Å²) in [6, 6.07) is 0. The van der Waals surface area contributed by atoms with Crippen LogP contribution in [0.5, 0.6) is 0 Å². The third-order valence-electron chi connectivity index (χ3n) is 5.59. The molecule has 2 amide bonds. The summed E-state index contributed by atoms with van der Waals surface area (Å²) in [4.78, 5) is 35.2. The van der Waals surface area contributed by atoms with E-state index in [9.17, 15) is 22.8 Å². The molecule has 0 aromatic rings. The lowest BCUT2D eigenvalue weighted by Gasteiger charge is -2.36. The molecule has 9 heteroatoms. The first-order chi connectivity index (χ1) is 11.7. The Morgan fingerprint density at radius 1 is 1.12 bits per heavy atom. The molecule has 3 aliphatic heterocycles. The third kappa shape index (κ3) is 2.83. The lowest BCUT2D eigenvalue weighted by molar-refractivity contribution is -0.159. The standard InChI is InChI=1S/C16H19F3N4O2/c1-8-12(17)13(24)21-15(20-8)23-6-10-4-22(5-11(10)7-23)14(25)9-2-16(18,19)3-9/h9-12H,2-7H2,1H3. The fourth-order valence-electron chi connectivity index (χ4n) is 4.15. The van der Waals surface area contributed by atoms with Crippen LogP contribution < -0.4 is 0 Å². The lowest BCUT2D eigenvalue weighted by atomic mass is 9.80. The van der Waals surface area contributed by atoms with Crippen LogP contribution in [0.25, 0.3) is 0 Å². The highest BCUT2D eigenvalue weighted by molar-refractivity contribution is 6.16. The lowest BCUT2D eigenvalue weighted by Crippen LogP contribution is -2.47. The average Bonchev–Trinajstić information content (AvgIpc) is 3.07. The van der Waals surface area contributed by atoms with Gasteiger partial charge in [-0.3, -0.25) is 9.59 Å². The van der Waals surface area contributed by atoms with E-state index >= 15 is 0 Å². The number of likely N-dealkylation sites (tertiary alicyclic amines) is 2. The van der Waals surface area contributed by atoms with Crippen LogP contribution in [-0.4, -0.2) is 71.6 Å². The number of hydrogen-bond donors (Lipinski definition) is 0. The SMILES string of the molecule is CC1=NC(N2CC3CN(C(=O)C4CC(F)(F)C4)CC3C2)=NC(=O)C1F. The van der Waals surface area contributed by atoms with E-state index in [-0.39, 0.29) is 42.3 Å². The molecule has 3 atom stereocenters. The summed E-state index contributed by atoms with van der Waals surface area (Å²) >= 11 is 0. The number of fused-ring (bicyclic) bond motifs is 1. The summed E-state index contributed by atoms with van der Waals surface area (Å²) in [5, 5.41) is 0. The van der Waals surface area contributed by atoms with Crippen molar-refractivity contribution in [2.24, 2.45) is 27.7 Å². The van der Waals surface area contributed by atoms with E-state index in [1.54, 1.807) is 4.90 Å². The van der Waals surface area contributed by atoms with Crippen molar-refractivity contribution >= 4 is 23.5 Å². The van der Waals surface area contributed by atoms with Gasteiger partial charge < -0.3 is 9.80 Å². The maximum atomic E-state index is 13.5. The Kier molecular flexibility index (Phi) is 3.66. The molecule has 0 aromatic heterocycles. The van der Waals surface area contributed by atoms with Gasteiger partial charge in [-0.2, -0.15) is 4.99 Å². The number of hydrogen-bond acceptors (Lipinski definition) is 4. The van der Waals surface area contributed by atoms with Crippen LogP contribution in [-0.2, 0) is 9.59 Å². The van der Waals surface area contributed by atoms with Gasteiger partial charge in [0.1, 0.15) is 0 Å². The van der Waals surface area contributed by atoms with E-state index in [4.69, 9.17) is 0 Å². The maximum absolute atomic E-state index is 13.5. The third-order valence-corrected chi connectivity index (χ3v) is 5.59. The maximum Gasteiger partial charge on any atom is 0.289 e. The van der Waals surface area contributed by atoms with Gasteiger partial charge in [0.05, 0.1) is 5.71 Å². The molecule has 25 heavy (non-hydrogen) atoms. The number of guanidine groups is 1. The van der Waals surface area contributed by atoms with Crippen LogP contribution >= 0.6 is 0 Å². The number of amides is 2. The van der Waals surface area contributed by atoms with Crippen molar-refractivity contribution in [2.75, 3.05) is 26.2 Å². The second-order valence-electron chi connectivity index (χ2n) is 7.50. The van der Waals surface area contributed by atoms with E-state index in [2.05, 4.69) is 9.98 Å². The molecule has 4 rings (SSSR count). The van der Waals surface area contributed by atoms with Crippen molar-refractivity contribution in [1.82, 2.24) is 9.80 Å². The molecule has 0 aromatic carbocycles. The largest absolute Gasteiger partial charge is 0.342 e. The number of aliphatic imine (C=N–C) groups is 2. The van der Waals surface area contributed by atoms with Crippen LogP contribution in [0.2, 0.25) is 0 Å². The Hall–Kier alpha value is -1.93. The fourth-order valence-corrected chi connectivity index (χ4v) is 4.15. The minimum absolute atomic E-state index is 0.106. The number of carbonyl (C=O) groups excluding carboxylic acids is 2. The van der Waals surface area contributed by atoms with Crippen LogP contribution in [0.15, 0.2) is 9.98 Å². The molecule has 0 spiro atoms. The van der Waals surface area contributed by atoms with Gasteiger partial charge >= 0.3 is 0 Å². The summed E-state index contributed by atoms with van der Waals surface area (Å²) in [5.74, 6) is -3.63. The minimum Gasteiger partial charge on any atom is -0.342 e. The fraction of sp³-hybridized carbons (Fsp3) is 0.750. The molecule has 0 bridgehead atoms. The van der Waals surface area contributed by atoms with Crippen molar-refractivity contribution in [3.8, 4) is 0 Å². The highest BCUT2D eigenvalue weighted by Gasteiger charge is 2.52. The van der Waals surface area contributed by atoms with E-state index in [1.807, 2.05) is 4.90 Å². The molecule has 6 nitrogen and oxygen atoms in total. The first kappa shape index (κ1) is 16.5. The molecule has 1 aliphatic carbocycles. The Morgan fingerprint density at radius 3 is 2.24 bits per heavy atom. The molecule has 0 radical (unpaired) electrons. The van der Waals surface area contributed by atoms with Gasteiger partial charge in [0.2, 0.25) is 24.0 Å². The van der Waals surface area contributed by atoms with Gasteiger partial charge in [-0.15, -0.1) is 0 Å². The summed E-state index contributed by atoms with van der Waals surface area (Å²) in [6.45, 7) is 3.67. The Morgan fingerprint density at radius 2 is 1.72 bits per heavy atom. The number of alkyl halides is 3.